The maximum atomic E-state index is 12.0. The van der Waals surface area contributed by atoms with Crippen LogP contribution in [0.15, 0.2) is 24.3 Å². The van der Waals surface area contributed by atoms with E-state index in [9.17, 15) is 4.79 Å². The summed E-state index contributed by atoms with van der Waals surface area (Å²) in [5, 5.41) is 2.91. The quantitative estimate of drug-likeness (QED) is 0.822. The van der Waals surface area contributed by atoms with Crippen LogP contribution < -0.4 is 11.1 Å². The summed E-state index contributed by atoms with van der Waals surface area (Å²) < 4.78 is 0. The van der Waals surface area contributed by atoms with Crippen molar-refractivity contribution in [2.24, 2.45) is 5.73 Å². The zero-order valence-corrected chi connectivity index (χ0v) is 10.1. The number of nitrogens with zero attached hydrogens (tertiary/aromatic N) is 1. The molecule has 0 saturated carbocycles. The SMILES string of the molecule is CC1CCCN1C(=O)Nc1ccc(CN)cc1. The lowest BCUT2D eigenvalue weighted by atomic mass is 10.2. The number of anilines is 1. The van der Waals surface area contributed by atoms with Crippen molar-refractivity contribution in [1.29, 1.82) is 0 Å². The summed E-state index contributed by atoms with van der Waals surface area (Å²) in [6, 6.07) is 7.99. The molecule has 0 aromatic heterocycles. The van der Waals surface area contributed by atoms with Crippen LogP contribution in [-0.4, -0.2) is 23.5 Å². The summed E-state index contributed by atoms with van der Waals surface area (Å²) in [6.45, 7) is 3.47. The Morgan fingerprint density at radius 2 is 2.18 bits per heavy atom. The number of urea groups is 1. The number of carbonyl (C=O) groups excluding carboxylic acids is 1. The molecule has 2 rings (SSSR count). The minimum Gasteiger partial charge on any atom is -0.326 e. The number of nitrogens with two attached hydrogens (primary N) is 1. The van der Waals surface area contributed by atoms with Crippen LogP contribution in [0.25, 0.3) is 0 Å². The first kappa shape index (κ1) is 11.9. The molecule has 92 valence electrons. The van der Waals surface area contributed by atoms with E-state index in [2.05, 4.69) is 12.2 Å². The van der Waals surface area contributed by atoms with Gasteiger partial charge >= 0.3 is 6.03 Å². The first-order chi connectivity index (χ1) is 8.20. The van der Waals surface area contributed by atoms with Gasteiger partial charge in [-0.3, -0.25) is 0 Å². The number of benzene rings is 1. The Balaban J connectivity index is 1.97. The van der Waals surface area contributed by atoms with Crippen molar-refractivity contribution in [3.63, 3.8) is 0 Å². The summed E-state index contributed by atoms with van der Waals surface area (Å²) in [4.78, 5) is 13.9. The van der Waals surface area contributed by atoms with Gasteiger partial charge in [-0.25, -0.2) is 4.79 Å². The molecule has 1 saturated heterocycles. The van der Waals surface area contributed by atoms with Gasteiger partial charge in [-0.15, -0.1) is 0 Å². The lowest BCUT2D eigenvalue weighted by Crippen LogP contribution is -2.37. The Labute approximate surface area is 102 Å². The second-order valence-corrected chi connectivity index (χ2v) is 4.52. The number of nitrogens with one attached hydrogen (secondary N) is 1. The van der Waals surface area contributed by atoms with Gasteiger partial charge in [0.1, 0.15) is 0 Å². The van der Waals surface area contributed by atoms with Crippen LogP contribution in [0.1, 0.15) is 25.3 Å². The molecule has 3 N–H and O–H groups in total. The van der Waals surface area contributed by atoms with E-state index in [1.165, 1.54) is 0 Å². The lowest BCUT2D eigenvalue weighted by Gasteiger charge is -2.21. The third-order valence-electron chi connectivity index (χ3n) is 3.25. The monoisotopic (exact) mass is 233 g/mol. The average molecular weight is 233 g/mol. The maximum absolute atomic E-state index is 12.0. The van der Waals surface area contributed by atoms with E-state index in [0.29, 0.717) is 12.6 Å². The Morgan fingerprint density at radius 3 is 2.71 bits per heavy atom. The van der Waals surface area contributed by atoms with Crippen LogP contribution in [0.4, 0.5) is 10.5 Å². The molecular weight excluding hydrogens is 214 g/mol. The van der Waals surface area contributed by atoms with Gasteiger partial charge in [-0.1, -0.05) is 12.1 Å². The van der Waals surface area contributed by atoms with Crippen molar-refractivity contribution in [3.05, 3.63) is 29.8 Å². The normalized spacial score (nSPS) is 19.4. The van der Waals surface area contributed by atoms with E-state index in [4.69, 9.17) is 5.73 Å². The van der Waals surface area contributed by atoms with Gasteiger partial charge in [0.15, 0.2) is 0 Å². The molecular formula is C13H19N3O. The maximum Gasteiger partial charge on any atom is 0.322 e. The van der Waals surface area contributed by atoms with Gasteiger partial charge in [-0.2, -0.15) is 0 Å². The van der Waals surface area contributed by atoms with E-state index >= 15 is 0 Å². The number of rotatable bonds is 2. The topological polar surface area (TPSA) is 58.4 Å². The van der Waals surface area contributed by atoms with Crippen molar-refractivity contribution in [1.82, 2.24) is 4.90 Å². The summed E-state index contributed by atoms with van der Waals surface area (Å²) >= 11 is 0. The number of likely N-dealkylation sites (tertiary alicyclic amines) is 1. The molecule has 0 aliphatic carbocycles. The fourth-order valence-corrected chi connectivity index (χ4v) is 2.15. The summed E-state index contributed by atoms with van der Waals surface area (Å²) in [6.07, 6.45) is 2.19. The second kappa shape index (κ2) is 5.19. The van der Waals surface area contributed by atoms with Gasteiger partial charge in [0, 0.05) is 24.8 Å². The Bertz CT molecular complexity index is 388. The molecule has 0 spiro atoms. The molecule has 1 atom stereocenters. The molecule has 1 aliphatic rings. The van der Waals surface area contributed by atoms with Gasteiger partial charge in [-0.05, 0) is 37.5 Å². The summed E-state index contributed by atoms with van der Waals surface area (Å²) in [7, 11) is 0. The van der Waals surface area contributed by atoms with Gasteiger partial charge in [0.2, 0.25) is 0 Å². The molecule has 4 nitrogen and oxygen atoms in total. The highest BCUT2D eigenvalue weighted by Gasteiger charge is 2.24. The standard InChI is InChI=1S/C13H19N3O/c1-10-3-2-8-16(10)13(17)15-12-6-4-11(9-14)5-7-12/h4-7,10H,2-3,8-9,14H2,1H3,(H,15,17). The third kappa shape index (κ3) is 2.77. The molecule has 0 bridgehead atoms. The smallest absolute Gasteiger partial charge is 0.322 e. The first-order valence-electron chi connectivity index (χ1n) is 6.07. The zero-order chi connectivity index (χ0) is 12.3. The molecule has 1 aliphatic heterocycles. The van der Waals surface area contributed by atoms with Crippen molar-refractivity contribution in [3.8, 4) is 0 Å². The van der Waals surface area contributed by atoms with Crippen molar-refractivity contribution < 1.29 is 4.79 Å². The molecule has 4 heteroatoms. The Morgan fingerprint density at radius 1 is 1.47 bits per heavy atom. The van der Waals surface area contributed by atoms with Crippen molar-refractivity contribution in [2.75, 3.05) is 11.9 Å². The molecule has 1 aromatic rings. The molecule has 1 unspecified atom stereocenters. The number of hydrogen-bond acceptors (Lipinski definition) is 2. The van der Waals surface area contributed by atoms with Crippen LogP contribution in [-0.2, 0) is 6.54 Å². The fraction of sp³-hybridized carbons (Fsp3) is 0.462. The molecule has 1 heterocycles. The number of amides is 2. The van der Waals surface area contributed by atoms with Crippen LogP contribution in [0.3, 0.4) is 0 Å². The average Bonchev–Trinajstić information content (AvgIpc) is 2.76. The highest BCUT2D eigenvalue weighted by Crippen LogP contribution is 2.18. The highest BCUT2D eigenvalue weighted by molar-refractivity contribution is 5.89. The number of carbonyl (C=O) groups is 1. The van der Waals surface area contributed by atoms with Crippen LogP contribution in [0, 0.1) is 0 Å². The number of hydrogen-bond donors (Lipinski definition) is 2. The Hall–Kier alpha value is -1.55. The second-order valence-electron chi connectivity index (χ2n) is 4.52. The predicted molar refractivity (Wildman–Crippen MR) is 68.8 cm³/mol. The fourth-order valence-electron chi connectivity index (χ4n) is 2.15. The minimum absolute atomic E-state index is 0.00417. The van der Waals surface area contributed by atoms with Gasteiger partial charge in [0.05, 0.1) is 0 Å². The highest BCUT2D eigenvalue weighted by atomic mass is 16.2. The lowest BCUT2D eigenvalue weighted by molar-refractivity contribution is 0.210. The van der Waals surface area contributed by atoms with E-state index in [0.717, 1.165) is 30.6 Å². The molecule has 1 aromatic carbocycles. The van der Waals surface area contributed by atoms with Crippen LogP contribution in [0.2, 0.25) is 0 Å². The molecule has 0 radical (unpaired) electrons. The largest absolute Gasteiger partial charge is 0.326 e. The van der Waals surface area contributed by atoms with Gasteiger partial charge in [0.25, 0.3) is 0 Å². The third-order valence-corrected chi connectivity index (χ3v) is 3.25. The summed E-state index contributed by atoms with van der Waals surface area (Å²) in [5.41, 5.74) is 7.42. The van der Waals surface area contributed by atoms with Crippen molar-refractivity contribution >= 4 is 11.7 Å². The van der Waals surface area contributed by atoms with Crippen LogP contribution in [0.5, 0.6) is 0 Å². The van der Waals surface area contributed by atoms with E-state index < -0.39 is 0 Å². The van der Waals surface area contributed by atoms with Gasteiger partial charge < -0.3 is 16.0 Å². The first-order valence-corrected chi connectivity index (χ1v) is 6.07. The van der Waals surface area contributed by atoms with E-state index in [1.807, 2.05) is 29.2 Å². The Kier molecular flexibility index (Phi) is 3.64. The summed E-state index contributed by atoms with van der Waals surface area (Å²) in [5.74, 6) is 0. The van der Waals surface area contributed by atoms with Crippen LogP contribution >= 0.6 is 0 Å². The zero-order valence-electron chi connectivity index (χ0n) is 10.1. The molecule has 2 amide bonds. The van der Waals surface area contributed by atoms with E-state index in [-0.39, 0.29) is 6.03 Å². The molecule has 1 fully saturated rings. The van der Waals surface area contributed by atoms with E-state index in [1.54, 1.807) is 0 Å². The molecule has 17 heavy (non-hydrogen) atoms. The minimum atomic E-state index is -0.00417. The van der Waals surface area contributed by atoms with Crippen molar-refractivity contribution in [2.45, 2.75) is 32.4 Å². The predicted octanol–water partition coefficient (Wildman–Crippen LogP) is 2.16.